The Labute approximate surface area is 195 Å². The standard InChI is InChI=1S/C27H32N2O4/c1-20(8-3-6-11-26(30)29-21-12-14-22(31-2)15-13-21)27(16-7-17-28-27)18-23-19-32-24-9-4-5-10-25(24)33-23/h4-5,7,9-10,12-17,20,23H,3,6,8,11,18-19H2,1-2H3,(H,29,30). The molecule has 33 heavy (non-hydrogen) atoms. The highest BCUT2D eigenvalue weighted by Gasteiger charge is 2.38. The van der Waals surface area contributed by atoms with E-state index in [0.717, 1.165) is 48.6 Å². The van der Waals surface area contributed by atoms with E-state index in [1.807, 2.05) is 60.8 Å². The minimum absolute atomic E-state index is 0.0349. The van der Waals surface area contributed by atoms with Crippen LogP contribution in [0.2, 0.25) is 0 Å². The van der Waals surface area contributed by atoms with E-state index in [1.165, 1.54) is 0 Å². The van der Waals surface area contributed by atoms with Crippen molar-refractivity contribution in [3.05, 3.63) is 60.7 Å². The molecule has 1 amide bonds. The predicted octanol–water partition coefficient (Wildman–Crippen LogP) is 5.44. The van der Waals surface area contributed by atoms with E-state index in [9.17, 15) is 4.79 Å². The predicted molar refractivity (Wildman–Crippen MR) is 131 cm³/mol. The third kappa shape index (κ3) is 5.75. The van der Waals surface area contributed by atoms with E-state index < -0.39 is 0 Å². The number of unbranched alkanes of at least 4 members (excludes halogenated alkanes) is 1. The van der Waals surface area contributed by atoms with Crippen molar-refractivity contribution in [3.8, 4) is 17.2 Å². The molecule has 4 rings (SSSR count). The molecule has 0 bridgehead atoms. The second kappa shape index (κ2) is 10.6. The molecule has 2 aromatic rings. The molecule has 0 fully saturated rings. The van der Waals surface area contributed by atoms with Crippen LogP contribution in [0.5, 0.6) is 17.2 Å². The molecule has 3 unspecified atom stereocenters. The molecule has 1 N–H and O–H groups in total. The van der Waals surface area contributed by atoms with Crippen LogP contribution in [0.25, 0.3) is 0 Å². The van der Waals surface area contributed by atoms with Gasteiger partial charge in [-0.05, 0) is 61.2 Å². The van der Waals surface area contributed by atoms with Gasteiger partial charge in [-0.2, -0.15) is 0 Å². The molecule has 0 saturated carbocycles. The van der Waals surface area contributed by atoms with Crippen LogP contribution in [0.4, 0.5) is 5.69 Å². The summed E-state index contributed by atoms with van der Waals surface area (Å²) in [6.45, 7) is 2.77. The van der Waals surface area contributed by atoms with Crippen molar-refractivity contribution in [3.63, 3.8) is 0 Å². The molecule has 2 aliphatic heterocycles. The summed E-state index contributed by atoms with van der Waals surface area (Å²) in [5.74, 6) is 2.74. The van der Waals surface area contributed by atoms with E-state index in [0.29, 0.717) is 18.9 Å². The molecule has 6 heteroatoms. The quantitative estimate of drug-likeness (QED) is 0.492. The van der Waals surface area contributed by atoms with Crippen LogP contribution in [0.15, 0.2) is 65.7 Å². The Balaban J connectivity index is 1.24. The highest BCUT2D eigenvalue weighted by molar-refractivity contribution is 5.90. The number of fused-ring (bicyclic) bond motifs is 1. The number of carbonyl (C=O) groups excluding carboxylic acids is 1. The Morgan fingerprint density at radius 1 is 1.18 bits per heavy atom. The smallest absolute Gasteiger partial charge is 0.224 e. The fourth-order valence-electron chi connectivity index (χ4n) is 4.46. The minimum atomic E-state index is -0.286. The van der Waals surface area contributed by atoms with E-state index in [4.69, 9.17) is 19.2 Å². The number of methoxy groups -OCH3 is 1. The van der Waals surface area contributed by atoms with Gasteiger partial charge in [-0.3, -0.25) is 9.79 Å². The van der Waals surface area contributed by atoms with Crippen LogP contribution >= 0.6 is 0 Å². The number of rotatable bonds is 10. The van der Waals surface area contributed by atoms with Gasteiger partial charge in [0.25, 0.3) is 0 Å². The van der Waals surface area contributed by atoms with Gasteiger partial charge in [-0.15, -0.1) is 0 Å². The topological polar surface area (TPSA) is 69.2 Å². The van der Waals surface area contributed by atoms with E-state index >= 15 is 0 Å². The monoisotopic (exact) mass is 448 g/mol. The molecule has 0 spiro atoms. The van der Waals surface area contributed by atoms with Crippen LogP contribution in [-0.4, -0.2) is 37.5 Å². The number of para-hydroxylation sites is 2. The third-order valence-electron chi connectivity index (χ3n) is 6.43. The van der Waals surface area contributed by atoms with Gasteiger partial charge in [-0.1, -0.05) is 31.6 Å². The van der Waals surface area contributed by atoms with Crippen LogP contribution in [0, 0.1) is 5.92 Å². The van der Waals surface area contributed by atoms with Crippen molar-refractivity contribution in [2.45, 2.75) is 50.7 Å². The Morgan fingerprint density at radius 2 is 1.97 bits per heavy atom. The first-order valence-corrected chi connectivity index (χ1v) is 11.6. The fourth-order valence-corrected chi connectivity index (χ4v) is 4.46. The zero-order valence-corrected chi connectivity index (χ0v) is 19.3. The molecular formula is C27H32N2O4. The largest absolute Gasteiger partial charge is 0.497 e. The van der Waals surface area contributed by atoms with Gasteiger partial charge in [0.05, 0.1) is 12.6 Å². The first kappa shape index (κ1) is 22.9. The maximum atomic E-state index is 12.3. The van der Waals surface area contributed by atoms with Crippen LogP contribution in [-0.2, 0) is 4.79 Å². The number of amides is 1. The normalized spacial score (nSPS) is 21.6. The lowest BCUT2D eigenvalue weighted by Crippen LogP contribution is -2.41. The molecule has 3 atom stereocenters. The number of aliphatic imine (C=N–C) groups is 1. The maximum absolute atomic E-state index is 12.3. The van der Waals surface area contributed by atoms with E-state index in [-0.39, 0.29) is 17.6 Å². The summed E-state index contributed by atoms with van der Waals surface area (Å²) < 4.78 is 17.3. The lowest BCUT2D eigenvalue weighted by Gasteiger charge is -2.36. The van der Waals surface area contributed by atoms with E-state index in [2.05, 4.69) is 18.3 Å². The van der Waals surface area contributed by atoms with Gasteiger partial charge in [-0.25, -0.2) is 0 Å². The molecule has 2 heterocycles. The van der Waals surface area contributed by atoms with Crippen molar-refractivity contribution in [1.29, 1.82) is 0 Å². The third-order valence-corrected chi connectivity index (χ3v) is 6.43. The molecule has 0 saturated heterocycles. The van der Waals surface area contributed by atoms with E-state index in [1.54, 1.807) is 7.11 Å². The number of hydrogen-bond donors (Lipinski definition) is 1. The van der Waals surface area contributed by atoms with Gasteiger partial charge in [0.1, 0.15) is 18.5 Å². The van der Waals surface area contributed by atoms with Crippen LogP contribution in [0.3, 0.4) is 0 Å². The van der Waals surface area contributed by atoms with Gasteiger partial charge < -0.3 is 19.5 Å². The summed E-state index contributed by atoms with van der Waals surface area (Å²) >= 11 is 0. The Hall–Kier alpha value is -3.28. The average Bonchev–Trinajstić information content (AvgIpc) is 3.32. The number of nitrogens with one attached hydrogen (secondary N) is 1. The highest BCUT2D eigenvalue weighted by atomic mass is 16.6. The highest BCUT2D eigenvalue weighted by Crippen LogP contribution is 2.39. The SMILES string of the molecule is COc1ccc(NC(=O)CCCCC(C)C2(CC3COc4ccccc4O3)C=CC=N2)cc1. The van der Waals surface area contributed by atoms with Crippen LogP contribution < -0.4 is 19.5 Å². The number of anilines is 1. The second-order valence-electron chi connectivity index (χ2n) is 8.75. The zero-order valence-electron chi connectivity index (χ0n) is 19.3. The molecule has 174 valence electrons. The summed E-state index contributed by atoms with van der Waals surface area (Å²) in [5, 5.41) is 2.95. The Bertz CT molecular complexity index is 987. The van der Waals surface area contributed by atoms with Gasteiger partial charge in [0, 0.05) is 24.7 Å². The van der Waals surface area contributed by atoms with Crippen molar-refractivity contribution in [2.75, 3.05) is 19.0 Å². The zero-order chi connectivity index (χ0) is 23.1. The van der Waals surface area contributed by atoms with Gasteiger partial charge in [0.2, 0.25) is 5.91 Å². The molecule has 2 aromatic carbocycles. The molecule has 0 aliphatic carbocycles. The van der Waals surface area contributed by atoms with Crippen molar-refractivity contribution in [2.24, 2.45) is 10.9 Å². The molecule has 0 aromatic heterocycles. The summed E-state index contributed by atoms with van der Waals surface area (Å²) in [6.07, 6.45) is 10.1. The lowest BCUT2D eigenvalue weighted by atomic mass is 9.78. The summed E-state index contributed by atoms with van der Waals surface area (Å²) in [4.78, 5) is 17.1. The number of ether oxygens (including phenoxy) is 3. The lowest BCUT2D eigenvalue weighted by molar-refractivity contribution is -0.116. The first-order chi connectivity index (χ1) is 16.1. The minimum Gasteiger partial charge on any atom is -0.497 e. The number of benzene rings is 2. The average molecular weight is 449 g/mol. The first-order valence-electron chi connectivity index (χ1n) is 11.6. The van der Waals surface area contributed by atoms with Crippen molar-refractivity contribution in [1.82, 2.24) is 0 Å². The molecular weight excluding hydrogens is 416 g/mol. The number of hydrogen-bond acceptors (Lipinski definition) is 5. The van der Waals surface area contributed by atoms with Crippen molar-refractivity contribution < 1.29 is 19.0 Å². The van der Waals surface area contributed by atoms with Crippen LogP contribution in [0.1, 0.15) is 39.0 Å². The number of carbonyl (C=O) groups is 1. The van der Waals surface area contributed by atoms with Crippen molar-refractivity contribution >= 4 is 17.8 Å². The Kier molecular flexibility index (Phi) is 7.33. The van der Waals surface area contributed by atoms with Gasteiger partial charge >= 0.3 is 0 Å². The maximum Gasteiger partial charge on any atom is 0.224 e. The second-order valence-corrected chi connectivity index (χ2v) is 8.75. The molecule has 6 nitrogen and oxygen atoms in total. The number of allylic oxidation sites excluding steroid dienone is 1. The number of nitrogens with zero attached hydrogens (tertiary/aromatic N) is 1. The van der Waals surface area contributed by atoms with Gasteiger partial charge in [0.15, 0.2) is 11.5 Å². The Morgan fingerprint density at radius 3 is 2.70 bits per heavy atom. The molecule has 0 radical (unpaired) electrons. The summed E-state index contributed by atoms with van der Waals surface area (Å²) in [7, 11) is 1.63. The summed E-state index contributed by atoms with van der Waals surface area (Å²) in [6, 6.07) is 15.2. The molecule has 2 aliphatic rings. The summed E-state index contributed by atoms with van der Waals surface area (Å²) in [5.41, 5.74) is 0.501. The fraction of sp³-hybridized carbons (Fsp3) is 0.407.